The van der Waals surface area contributed by atoms with E-state index in [1.807, 2.05) is 19.9 Å². The Morgan fingerprint density at radius 1 is 1.11 bits per heavy atom. The molecular formula is C14H20F3N. The Bertz CT molecular complexity index is 408. The summed E-state index contributed by atoms with van der Waals surface area (Å²) in [6.45, 7) is 5.68. The van der Waals surface area contributed by atoms with Gasteiger partial charge in [-0.25, -0.2) is 0 Å². The molecule has 0 aliphatic carbocycles. The van der Waals surface area contributed by atoms with Gasteiger partial charge in [-0.2, -0.15) is 13.2 Å². The first kappa shape index (κ1) is 15.0. The molecule has 4 heteroatoms. The second kappa shape index (κ2) is 5.31. The van der Waals surface area contributed by atoms with Crippen LogP contribution in [0.5, 0.6) is 0 Å². The molecule has 0 saturated carbocycles. The summed E-state index contributed by atoms with van der Waals surface area (Å²) < 4.78 is 39.4. The van der Waals surface area contributed by atoms with Crippen molar-refractivity contribution in [1.29, 1.82) is 0 Å². The normalized spacial score (nSPS) is 14.3. The van der Waals surface area contributed by atoms with Crippen LogP contribution in [-0.4, -0.2) is 25.2 Å². The molecule has 102 valence electrons. The van der Waals surface area contributed by atoms with E-state index in [0.29, 0.717) is 11.1 Å². The van der Waals surface area contributed by atoms with E-state index in [2.05, 4.69) is 0 Å². The van der Waals surface area contributed by atoms with Crippen LogP contribution in [0.1, 0.15) is 42.5 Å². The molecule has 0 spiro atoms. The molecule has 1 atom stereocenters. The van der Waals surface area contributed by atoms with Gasteiger partial charge in [0.15, 0.2) is 0 Å². The molecule has 0 heterocycles. The van der Waals surface area contributed by atoms with E-state index in [9.17, 15) is 13.2 Å². The number of rotatable bonds is 3. The average Bonchev–Trinajstić information content (AvgIpc) is 2.18. The first-order chi connectivity index (χ1) is 8.14. The fourth-order valence-electron chi connectivity index (χ4n) is 2.06. The van der Waals surface area contributed by atoms with Crippen molar-refractivity contribution in [1.82, 2.24) is 4.90 Å². The molecule has 1 unspecified atom stereocenters. The summed E-state index contributed by atoms with van der Waals surface area (Å²) in [5.74, 6) is 0.223. The van der Waals surface area contributed by atoms with E-state index in [1.165, 1.54) is 19.0 Å². The van der Waals surface area contributed by atoms with E-state index in [1.54, 1.807) is 19.1 Å². The van der Waals surface area contributed by atoms with E-state index in [4.69, 9.17) is 0 Å². The Morgan fingerprint density at radius 2 is 1.67 bits per heavy atom. The second-order valence-electron chi connectivity index (χ2n) is 5.18. The van der Waals surface area contributed by atoms with Gasteiger partial charge in [-0.1, -0.05) is 32.0 Å². The summed E-state index contributed by atoms with van der Waals surface area (Å²) in [7, 11) is 2.92. The van der Waals surface area contributed by atoms with E-state index < -0.39 is 12.2 Å². The van der Waals surface area contributed by atoms with Gasteiger partial charge in [0.05, 0.1) is 0 Å². The van der Waals surface area contributed by atoms with Crippen LogP contribution >= 0.6 is 0 Å². The zero-order valence-electron chi connectivity index (χ0n) is 11.5. The minimum atomic E-state index is -4.26. The summed E-state index contributed by atoms with van der Waals surface area (Å²) >= 11 is 0. The van der Waals surface area contributed by atoms with Gasteiger partial charge in [-0.15, -0.1) is 0 Å². The molecule has 1 aromatic rings. The maximum Gasteiger partial charge on any atom is 0.408 e. The lowest BCUT2D eigenvalue weighted by Crippen LogP contribution is -2.33. The summed E-state index contributed by atoms with van der Waals surface area (Å²) in [6, 6.07) is 3.80. The third-order valence-corrected chi connectivity index (χ3v) is 3.09. The predicted octanol–water partition coefficient (Wildman–Crippen LogP) is 4.28. The van der Waals surface area contributed by atoms with Gasteiger partial charge in [0.25, 0.3) is 0 Å². The van der Waals surface area contributed by atoms with Crippen LogP contribution in [0.25, 0.3) is 0 Å². The van der Waals surface area contributed by atoms with E-state index in [0.717, 1.165) is 5.56 Å². The zero-order valence-corrected chi connectivity index (χ0v) is 11.5. The van der Waals surface area contributed by atoms with Crippen molar-refractivity contribution in [3.63, 3.8) is 0 Å². The van der Waals surface area contributed by atoms with Crippen molar-refractivity contribution in [3.05, 3.63) is 34.9 Å². The quantitative estimate of drug-likeness (QED) is 0.783. The third kappa shape index (κ3) is 3.25. The Kier molecular flexibility index (Phi) is 4.43. The first-order valence-electron chi connectivity index (χ1n) is 5.98. The molecule has 0 fully saturated rings. The minimum absolute atomic E-state index is 0.223. The Labute approximate surface area is 107 Å². The van der Waals surface area contributed by atoms with Crippen LogP contribution in [0.3, 0.4) is 0 Å². The number of hydrogen-bond donors (Lipinski definition) is 0. The molecule has 0 amide bonds. The number of halogens is 3. The molecule has 0 aliphatic heterocycles. The molecule has 0 aromatic heterocycles. The van der Waals surface area contributed by atoms with Crippen LogP contribution in [0.2, 0.25) is 0 Å². The first-order valence-corrected chi connectivity index (χ1v) is 5.98. The summed E-state index contributed by atoms with van der Waals surface area (Å²) in [4.78, 5) is 1.21. The van der Waals surface area contributed by atoms with Crippen LogP contribution in [-0.2, 0) is 0 Å². The number of hydrogen-bond acceptors (Lipinski definition) is 1. The van der Waals surface area contributed by atoms with Crippen molar-refractivity contribution in [2.24, 2.45) is 0 Å². The maximum absolute atomic E-state index is 13.1. The Balaban J connectivity index is 3.32. The molecule has 0 N–H and O–H groups in total. The molecule has 0 bridgehead atoms. The fourth-order valence-corrected chi connectivity index (χ4v) is 2.06. The van der Waals surface area contributed by atoms with Crippen molar-refractivity contribution >= 4 is 0 Å². The van der Waals surface area contributed by atoms with Gasteiger partial charge in [0.2, 0.25) is 0 Å². The topological polar surface area (TPSA) is 3.24 Å². The van der Waals surface area contributed by atoms with Crippen molar-refractivity contribution in [2.75, 3.05) is 14.1 Å². The molecule has 18 heavy (non-hydrogen) atoms. The minimum Gasteiger partial charge on any atom is -0.295 e. The molecular weight excluding hydrogens is 239 g/mol. The SMILES string of the molecule is Cc1ccc(C(C)C)cc1C(N(C)C)C(F)(F)F. The second-order valence-corrected chi connectivity index (χ2v) is 5.18. The standard InChI is InChI=1S/C14H20F3N/c1-9(2)11-7-6-10(3)12(8-11)13(18(4)5)14(15,16)17/h6-9,13H,1-5H3. The highest BCUT2D eigenvalue weighted by Gasteiger charge is 2.43. The monoisotopic (exact) mass is 259 g/mol. The smallest absolute Gasteiger partial charge is 0.295 e. The predicted molar refractivity (Wildman–Crippen MR) is 67.8 cm³/mol. The zero-order chi connectivity index (χ0) is 14.1. The van der Waals surface area contributed by atoms with E-state index in [-0.39, 0.29) is 5.92 Å². The molecule has 0 aliphatic rings. The van der Waals surface area contributed by atoms with Crippen LogP contribution in [0, 0.1) is 6.92 Å². The Hall–Kier alpha value is -1.03. The van der Waals surface area contributed by atoms with Gasteiger partial charge in [-0.05, 0) is 43.6 Å². The van der Waals surface area contributed by atoms with Crippen LogP contribution < -0.4 is 0 Å². The molecule has 1 rings (SSSR count). The number of alkyl halides is 3. The summed E-state index contributed by atoms with van der Waals surface area (Å²) in [5.41, 5.74) is 1.96. The lowest BCUT2D eigenvalue weighted by Gasteiger charge is -2.29. The van der Waals surface area contributed by atoms with Crippen LogP contribution in [0.15, 0.2) is 18.2 Å². The summed E-state index contributed by atoms with van der Waals surface area (Å²) in [5, 5.41) is 0. The van der Waals surface area contributed by atoms with Gasteiger partial charge in [0, 0.05) is 0 Å². The highest BCUT2D eigenvalue weighted by Crippen LogP contribution is 2.38. The molecule has 0 saturated heterocycles. The number of nitrogens with zero attached hydrogens (tertiary/aromatic N) is 1. The van der Waals surface area contributed by atoms with Crippen molar-refractivity contribution in [2.45, 2.75) is 38.9 Å². The summed E-state index contributed by atoms with van der Waals surface area (Å²) in [6.07, 6.45) is -4.26. The average molecular weight is 259 g/mol. The van der Waals surface area contributed by atoms with Gasteiger partial charge < -0.3 is 0 Å². The van der Waals surface area contributed by atoms with Crippen molar-refractivity contribution < 1.29 is 13.2 Å². The number of aryl methyl sites for hydroxylation is 1. The highest BCUT2D eigenvalue weighted by atomic mass is 19.4. The molecule has 1 aromatic carbocycles. The van der Waals surface area contributed by atoms with Gasteiger partial charge >= 0.3 is 6.18 Å². The highest BCUT2D eigenvalue weighted by molar-refractivity contribution is 5.35. The molecule has 0 radical (unpaired) electrons. The van der Waals surface area contributed by atoms with E-state index >= 15 is 0 Å². The van der Waals surface area contributed by atoms with Gasteiger partial charge in [0.1, 0.15) is 6.04 Å². The maximum atomic E-state index is 13.1. The van der Waals surface area contributed by atoms with Crippen LogP contribution in [0.4, 0.5) is 13.2 Å². The number of benzene rings is 1. The third-order valence-electron chi connectivity index (χ3n) is 3.09. The van der Waals surface area contributed by atoms with Gasteiger partial charge in [-0.3, -0.25) is 4.90 Å². The largest absolute Gasteiger partial charge is 0.408 e. The Morgan fingerprint density at radius 3 is 2.06 bits per heavy atom. The lowest BCUT2D eigenvalue weighted by atomic mass is 9.93. The van der Waals surface area contributed by atoms with Crippen molar-refractivity contribution in [3.8, 4) is 0 Å². The molecule has 1 nitrogen and oxygen atoms in total. The fraction of sp³-hybridized carbons (Fsp3) is 0.571. The lowest BCUT2D eigenvalue weighted by molar-refractivity contribution is -0.179.